The van der Waals surface area contributed by atoms with Crippen molar-refractivity contribution < 1.29 is 33.7 Å². The Morgan fingerprint density at radius 3 is 2.06 bits per heavy atom. The molecule has 2 atom stereocenters. The number of hydrogen-bond acceptors (Lipinski definition) is 7. The lowest BCUT2D eigenvalue weighted by Gasteiger charge is -2.34. The second kappa shape index (κ2) is 11.7. The predicted molar refractivity (Wildman–Crippen MR) is 124 cm³/mol. The first kappa shape index (κ1) is 28.0. The minimum absolute atomic E-state index is 0.00166. The molecule has 184 valence electrons. The van der Waals surface area contributed by atoms with Gasteiger partial charge in [-0.3, -0.25) is 0 Å². The van der Waals surface area contributed by atoms with Gasteiger partial charge in [0.2, 0.25) is 0 Å². The van der Waals surface area contributed by atoms with Crippen molar-refractivity contribution in [1.82, 2.24) is 10.4 Å². The summed E-state index contributed by atoms with van der Waals surface area (Å²) in [6.45, 7) is 13.4. The molecule has 0 radical (unpaired) electrons. The molecule has 9 nitrogen and oxygen atoms in total. The van der Waals surface area contributed by atoms with E-state index in [1.54, 1.807) is 54.5 Å². The highest BCUT2D eigenvalue weighted by molar-refractivity contribution is 5.84. The van der Waals surface area contributed by atoms with Crippen molar-refractivity contribution in [1.29, 1.82) is 0 Å². The average Bonchev–Trinajstić information content (AvgIpc) is 2.64. The number of aliphatic hydroxyl groups is 1. The first-order valence-corrected chi connectivity index (χ1v) is 10.7. The van der Waals surface area contributed by atoms with Crippen molar-refractivity contribution in [3.8, 4) is 0 Å². The summed E-state index contributed by atoms with van der Waals surface area (Å²) < 4.78 is 15.6. The van der Waals surface area contributed by atoms with Crippen LogP contribution in [0.1, 0.15) is 59.6 Å². The van der Waals surface area contributed by atoms with Crippen molar-refractivity contribution in [2.75, 3.05) is 6.61 Å². The molecule has 0 fully saturated rings. The van der Waals surface area contributed by atoms with E-state index in [1.165, 1.54) is 6.08 Å². The maximum absolute atomic E-state index is 12.9. The Labute approximate surface area is 195 Å². The number of hydrazine groups is 1. The Kier molecular flexibility index (Phi) is 9.91. The fraction of sp³-hybridized carbons (Fsp3) is 0.542. The van der Waals surface area contributed by atoms with Gasteiger partial charge in [-0.2, -0.15) is 5.01 Å². The lowest BCUT2D eigenvalue weighted by atomic mass is 10.1. The van der Waals surface area contributed by atoms with Crippen LogP contribution in [0.4, 0.5) is 9.59 Å². The van der Waals surface area contributed by atoms with Gasteiger partial charge >= 0.3 is 18.2 Å². The molecule has 0 bridgehead atoms. The quantitative estimate of drug-likeness (QED) is 0.372. The molecular formula is C24H36N2O7. The van der Waals surface area contributed by atoms with Crippen molar-refractivity contribution in [2.24, 2.45) is 0 Å². The molecule has 1 unspecified atom stereocenters. The Hall–Kier alpha value is -3.07. The van der Waals surface area contributed by atoms with Gasteiger partial charge in [-0.25, -0.2) is 19.8 Å². The number of amides is 2. The number of aryl methyl sites for hydroxylation is 1. The highest BCUT2D eigenvalue weighted by Crippen LogP contribution is 2.16. The molecule has 1 aromatic rings. The molecule has 33 heavy (non-hydrogen) atoms. The van der Waals surface area contributed by atoms with Gasteiger partial charge in [0.25, 0.3) is 0 Å². The summed E-state index contributed by atoms with van der Waals surface area (Å²) in [6, 6.07) is 5.83. The molecule has 0 saturated heterocycles. The van der Waals surface area contributed by atoms with Crippen LogP contribution in [0.3, 0.4) is 0 Å². The summed E-state index contributed by atoms with van der Waals surface area (Å²) in [5.41, 5.74) is 2.25. The van der Waals surface area contributed by atoms with Crippen molar-refractivity contribution >= 4 is 24.2 Å². The molecule has 1 aromatic carbocycles. The maximum atomic E-state index is 12.9. The number of nitrogens with zero attached hydrogens (tertiary/aromatic N) is 1. The van der Waals surface area contributed by atoms with Crippen LogP contribution in [0.15, 0.2) is 30.3 Å². The summed E-state index contributed by atoms with van der Waals surface area (Å²) in [4.78, 5) is 38.1. The molecule has 0 aliphatic carbocycles. The number of hydrogen-bond donors (Lipinski definition) is 2. The fourth-order valence-electron chi connectivity index (χ4n) is 2.56. The number of ether oxygens (including phenoxy) is 3. The second-order valence-electron chi connectivity index (χ2n) is 9.42. The molecule has 0 aliphatic heterocycles. The SMILES string of the molecule is CCOC(=O)C([C@@H](O)/C=C/c1ccc(C)cc1)N(NC(=O)OC(C)(C)C)C(=O)OC(C)(C)C. The predicted octanol–water partition coefficient (Wildman–Crippen LogP) is 3.98. The van der Waals surface area contributed by atoms with Crippen LogP contribution >= 0.6 is 0 Å². The Morgan fingerprint density at radius 2 is 1.58 bits per heavy atom. The van der Waals surface area contributed by atoms with E-state index in [0.717, 1.165) is 11.1 Å². The third-order valence-electron chi connectivity index (χ3n) is 3.89. The molecule has 9 heteroatoms. The van der Waals surface area contributed by atoms with Gasteiger partial charge in [0.1, 0.15) is 17.3 Å². The molecule has 0 saturated carbocycles. The maximum Gasteiger partial charge on any atom is 0.430 e. The minimum atomic E-state index is -1.63. The van der Waals surface area contributed by atoms with Crippen LogP contribution in [0.25, 0.3) is 6.08 Å². The van der Waals surface area contributed by atoms with Crippen LogP contribution in [-0.2, 0) is 19.0 Å². The molecule has 2 amide bonds. The van der Waals surface area contributed by atoms with Gasteiger partial charge in [0.05, 0.1) is 6.61 Å². The van der Waals surface area contributed by atoms with E-state index in [2.05, 4.69) is 5.43 Å². The van der Waals surface area contributed by atoms with E-state index in [9.17, 15) is 19.5 Å². The summed E-state index contributed by atoms with van der Waals surface area (Å²) >= 11 is 0. The van der Waals surface area contributed by atoms with Gasteiger partial charge in [-0.05, 0) is 61.0 Å². The van der Waals surface area contributed by atoms with Gasteiger partial charge < -0.3 is 19.3 Å². The molecule has 0 spiro atoms. The number of rotatable bonds is 6. The third-order valence-corrected chi connectivity index (χ3v) is 3.89. The summed E-state index contributed by atoms with van der Waals surface area (Å²) in [7, 11) is 0. The van der Waals surface area contributed by atoms with E-state index < -0.39 is 41.5 Å². The first-order chi connectivity index (χ1) is 15.1. The van der Waals surface area contributed by atoms with Gasteiger partial charge in [0.15, 0.2) is 6.04 Å². The Morgan fingerprint density at radius 1 is 1.03 bits per heavy atom. The highest BCUT2D eigenvalue weighted by atomic mass is 16.6. The number of esters is 1. The lowest BCUT2D eigenvalue weighted by molar-refractivity contribution is -0.154. The highest BCUT2D eigenvalue weighted by Gasteiger charge is 2.40. The Balaban J connectivity index is 3.32. The van der Waals surface area contributed by atoms with E-state index in [0.29, 0.717) is 5.01 Å². The summed E-state index contributed by atoms with van der Waals surface area (Å²) in [6.07, 6.45) is -0.670. The van der Waals surface area contributed by atoms with Gasteiger partial charge in [-0.1, -0.05) is 42.0 Å². The molecule has 0 aromatic heterocycles. The number of nitrogens with one attached hydrogen (secondary N) is 1. The zero-order chi connectivity index (χ0) is 25.4. The fourth-order valence-corrected chi connectivity index (χ4v) is 2.56. The van der Waals surface area contributed by atoms with Crippen LogP contribution in [0.5, 0.6) is 0 Å². The van der Waals surface area contributed by atoms with Gasteiger partial charge in [-0.15, -0.1) is 0 Å². The van der Waals surface area contributed by atoms with Crippen molar-refractivity contribution in [3.63, 3.8) is 0 Å². The summed E-state index contributed by atoms with van der Waals surface area (Å²) in [5.74, 6) is -0.930. The molecule has 2 N–H and O–H groups in total. The van der Waals surface area contributed by atoms with Crippen LogP contribution in [0, 0.1) is 6.92 Å². The van der Waals surface area contributed by atoms with E-state index in [-0.39, 0.29) is 6.61 Å². The molecular weight excluding hydrogens is 428 g/mol. The number of carbonyl (C=O) groups excluding carboxylic acids is 3. The Bertz CT molecular complexity index is 836. The molecule has 0 aliphatic rings. The second-order valence-corrected chi connectivity index (χ2v) is 9.42. The first-order valence-electron chi connectivity index (χ1n) is 10.7. The number of aliphatic hydroxyl groups excluding tert-OH is 1. The molecule has 1 rings (SSSR count). The van der Waals surface area contributed by atoms with Crippen molar-refractivity contribution in [3.05, 3.63) is 41.5 Å². The zero-order valence-corrected chi connectivity index (χ0v) is 20.7. The van der Waals surface area contributed by atoms with E-state index >= 15 is 0 Å². The minimum Gasteiger partial charge on any atom is -0.464 e. The molecule has 0 heterocycles. The largest absolute Gasteiger partial charge is 0.464 e. The van der Waals surface area contributed by atoms with Crippen molar-refractivity contribution in [2.45, 2.75) is 78.7 Å². The van der Waals surface area contributed by atoms with E-state index in [4.69, 9.17) is 14.2 Å². The summed E-state index contributed by atoms with van der Waals surface area (Å²) in [5, 5.41) is 11.5. The lowest BCUT2D eigenvalue weighted by Crippen LogP contribution is -2.60. The normalized spacial score (nSPS) is 13.7. The standard InChI is InChI=1S/C24H36N2O7/c1-9-31-20(28)19(18(27)15-14-17-12-10-16(2)11-13-17)26(22(30)33-24(6,7)8)25-21(29)32-23(3,4)5/h10-15,18-19,27H,9H2,1-8H3,(H,25,29)/b15-14+/t18-,19?/m0/s1. The zero-order valence-electron chi connectivity index (χ0n) is 20.7. The van der Waals surface area contributed by atoms with Crippen LogP contribution < -0.4 is 5.43 Å². The third kappa shape index (κ3) is 10.4. The van der Waals surface area contributed by atoms with Gasteiger partial charge in [0, 0.05) is 0 Å². The number of benzene rings is 1. The average molecular weight is 465 g/mol. The van der Waals surface area contributed by atoms with E-state index in [1.807, 2.05) is 31.2 Å². The van der Waals surface area contributed by atoms with Crippen LogP contribution in [0.2, 0.25) is 0 Å². The van der Waals surface area contributed by atoms with Crippen LogP contribution in [-0.4, -0.2) is 58.2 Å². The monoisotopic (exact) mass is 464 g/mol. The topological polar surface area (TPSA) is 114 Å². The number of carbonyl (C=O) groups is 3. The smallest absolute Gasteiger partial charge is 0.430 e.